The third-order valence-electron chi connectivity index (χ3n) is 5.74. The van der Waals surface area contributed by atoms with Gasteiger partial charge in [-0.3, -0.25) is 0 Å². The fraction of sp³-hybridized carbons (Fsp3) is 0.786. The lowest BCUT2D eigenvalue weighted by atomic mass is 10.1. The van der Waals surface area contributed by atoms with E-state index in [0.29, 0.717) is 0 Å². The van der Waals surface area contributed by atoms with Crippen molar-refractivity contribution in [3.63, 3.8) is 0 Å². The zero-order valence-electron chi connectivity index (χ0n) is 21.5. The Morgan fingerprint density at radius 2 is 1.28 bits per heavy atom. The third-order valence-corrected chi connectivity index (χ3v) is 5.74. The molecule has 4 nitrogen and oxygen atoms in total. The van der Waals surface area contributed by atoms with Crippen LogP contribution in [-0.4, -0.2) is 10.5 Å². The van der Waals surface area contributed by atoms with E-state index in [-0.39, 0.29) is 6.42 Å². The minimum absolute atomic E-state index is 0.220. The van der Waals surface area contributed by atoms with Crippen molar-refractivity contribution in [1.29, 1.82) is 0 Å². The average molecular weight is 449 g/mol. The molecule has 0 bridgehead atoms. The Hall–Kier alpha value is -1.58. The molecule has 0 saturated heterocycles. The van der Waals surface area contributed by atoms with Gasteiger partial charge in [-0.25, -0.2) is 9.13 Å². The molecule has 186 valence electrons. The van der Waals surface area contributed by atoms with E-state index in [1.165, 1.54) is 96.4 Å². The number of aromatic nitrogens is 2. The molecular weight excluding hydrogens is 396 g/mol. The number of rotatable bonds is 20. The molecule has 0 fully saturated rings. The van der Waals surface area contributed by atoms with Gasteiger partial charge < -0.3 is 9.90 Å². The summed E-state index contributed by atoms with van der Waals surface area (Å²) in [6, 6.07) is 0. The quantitative estimate of drug-likeness (QED) is 0.127. The summed E-state index contributed by atoms with van der Waals surface area (Å²) in [5.74, 6) is -0.914. The van der Waals surface area contributed by atoms with Crippen molar-refractivity contribution < 1.29 is 14.5 Å². The molecule has 0 aliphatic carbocycles. The normalized spacial score (nSPS) is 11.0. The van der Waals surface area contributed by atoms with Gasteiger partial charge in [-0.1, -0.05) is 90.2 Å². The standard InChI is InChI=1S/C18H34O2.C10H19N2/c1-2-3-4-5-6-7-8-9-10-11-12-13-14-15-16-17-18(19)20;1-3-4-5-6-7-12-9-8-11(2)10-12/h9-10H,2-8,11-17H2,1H3,(H,19,20);8-10H,3-7H2,1-2H3/q;+1/p-1. The first-order chi connectivity index (χ1) is 15.6. The van der Waals surface area contributed by atoms with Crippen molar-refractivity contribution in [2.24, 2.45) is 7.05 Å². The SMILES string of the molecule is CCCCCCCCC=CCCCCCCCC(=O)[O-].CCCCCCn1cc[n+](C)c1. The highest BCUT2D eigenvalue weighted by molar-refractivity contribution is 5.64. The van der Waals surface area contributed by atoms with Crippen LogP contribution >= 0.6 is 0 Å². The molecule has 1 aromatic rings. The topological polar surface area (TPSA) is 48.9 Å². The van der Waals surface area contributed by atoms with Crippen LogP contribution in [0.25, 0.3) is 0 Å². The van der Waals surface area contributed by atoms with Gasteiger partial charge in [-0.2, -0.15) is 0 Å². The maximum Gasteiger partial charge on any atom is 0.243 e. The molecule has 0 N–H and O–H groups in total. The van der Waals surface area contributed by atoms with Crippen molar-refractivity contribution >= 4 is 5.97 Å². The Kier molecular flexibility index (Phi) is 22.9. The van der Waals surface area contributed by atoms with Gasteiger partial charge in [0.2, 0.25) is 6.33 Å². The Labute approximate surface area is 199 Å². The predicted octanol–water partition coefficient (Wildman–Crippen LogP) is 6.67. The molecule has 0 unspecified atom stereocenters. The summed E-state index contributed by atoms with van der Waals surface area (Å²) >= 11 is 0. The first kappa shape index (κ1) is 30.4. The highest BCUT2D eigenvalue weighted by atomic mass is 16.4. The second-order valence-electron chi connectivity index (χ2n) is 9.08. The van der Waals surface area contributed by atoms with Crippen molar-refractivity contribution in [3.05, 3.63) is 30.9 Å². The largest absolute Gasteiger partial charge is 0.550 e. The molecule has 1 aromatic heterocycles. The maximum atomic E-state index is 10.2. The number of carbonyl (C=O) groups excluding carboxylic acids is 1. The van der Waals surface area contributed by atoms with Crippen molar-refractivity contribution in [1.82, 2.24) is 4.57 Å². The van der Waals surface area contributed by atoms with Crippen LogP contribution in [-0.2, 0) is 18.4 Å². The Balaban J connectivity index is 0.000000677. The lowest BCUT2D eigenvalue weighted by molar-refractivity contribution is -0.671. The highest BCUT2D eigenvalue weighted by Crippen LogP contribution is 2.09. The maximum absolute atomic E-state index is 10.2. The molecule has 0 amide bonds. The Morgan fingerprint density at radius 3 is 1.78 bits per heavy atom. The molecule has 0 radical (unpaired) electrons. The Bertz CT molecular complexity index is 551. The van der Waals surface area contributed by atoms with Gasteiger partial charge in [-0.05, 0) is 51.4 Å². The molecule has 0 aromatic carbocycles. The van der Waals surface area contributed by atoms with Crippen LogP contribution < -0.4 is 9.67 Å². The van der Waals surface area contributed by atoms with Gasteiger partial charge >= 0.3 is 0 Å². The van der Waals surface area contributed by atoms with E-state index in [9.17, 15) is 9.90 Å². The van der Waals surface area contributed by atoms with Crippen LogP contribution in [0.1, 0.15) is 129 Å². The summed E-state index contributed by atoms with van der Waals surface area (Å²) in [7, 11) is 2.06. The van der Waals surface area contributed by atoms with E-state index in [0.717, 1.165) is 19.3 Å². The van der Waals surface area contributed by atoms with E-state index in [1.54, 1.807) is 0 Å². The smallest absolute Gasteiger partial charge is 0.243 e. The second-order valence-corrected chi connectivity index (χ2v) is 9.08. The molecule has 0 spiro atoms. The lowest BCUT2D eigenvalue weighted by Gasteiger charge is -2.01. The van der Waals surface area contributed by atoms with Crippen LogP contribution in [0.3, 0.4) is 0 Å². The number of allylic oxidation sites excluding steroid dienone is 2. The number of imidazole rings is 1. The first-order valence-corrected chi connectivity index (χ1v) is 13.5. The first-order valence-electron chi connectivity index (χ1n) is 13.5. The van der Waals surface area contributed by atoms with Gasteiger partial charge in [-0.15, -0.1) is 0 Å². The van der Waals surface area contributed by atoms with Gasteiger partial charge in [0.1, 0.15) is 12.4 Å². The summed E-state index contributed by atoms with van der Waals surface area (Å²) < 4.78 is 4.33. The molecule has 32 heavy (non-hydrogen) atoms. The number of carbonyl (C=O) groups is 1. The van der Waals surface area contributed by atoms with Crippen molar-refractivity contribution in [3.8, 4) is 0 Å². The molecule has 1 heterocycles. The van der Waals surface area contributed by atoms with Gasteiger partial charge in [0.15, 0.2) is 0 Å². The summed E-state index contributed by atoms with van der Waals surface area (Å²) in [5.41, 5.74) is 0. The Morgan fingerprint density at radius 1 is 0.781 bits per heavy atom. The number of aliphatic carboxylic acids is 1. The van der Waals surface area contributed by atoms with E-state index >= 15 is 0 Å². The number of hydrogen-bond acceptors (Lipinski definition) is 2. The zero-order chi connectivity index (χ0) is 23.7. The molecule has 0 aliphatic heterocycles. The summed E-state index contributed by atoms with van der Waals surface area (Å²) in [6.07, 6.45) is 32.6. The molecule has 0 atom stereocenters. The van der Waals surface area contributed by atoms with E-state index in [1.807, 2.05) is 0 Å². The van der Waals surface area contributed by atoms with Crippen LogP contribution in [0.15, 0.2) is 30.9 Å². The molecule has 0 saturated carbocycles. The van der Waals surface area contributed by atoms with Crippen molar-refractivity contribution in [2.75, 3.05) is 0 Å². The number of nitrogens with zero attached hydrogens (tertiary/aromatic N) is 2. The van der Waals surface area contributed by atoms with Gasteiger partial charge in [0, 0.05) is 5.97 Å². The fourth-order valence-corrected chi connectivity index (χ4v) is 3.70. The highest BCUT2D eigenvalue weighted by Gasteiger charge is 1.98. The van der Waals surface area contributed by atoms with E-state index in [4.69, 9.17) is 0 Å². The monoisotopic (exact) mass is 448 g/mol. The summed E-state index contributed by atoms with van der Waals surface area (Å²) in [6.45, 7) is 5.67. The van der Waals surface area contributed by atoms with Crippen LogP contribution in [0, 0.1) is 0 Å². The molecule has 0 aliphatic rings. The zero-order valence-corrected chi connectivity index (χ0v) is 21.5. The molecular formula is C28H52N2O2. The van der Waals surface area contributed by atoms with E-state index < -0.39 is 5.97 Å². The number of carboxylic acid groups (broad SMARTS) is 1. The third kappa shape index (κ3) is 23.1. The fourth-order valence-electron chi connectivity index (χ4n) is 3.70. The van der Waals surface area contributed by atoms with Crippen LogP contribution in [0.5, 0.6) is 0 Å². The predicted molar refractivity (Wildman–Crippen MR) is 134 cm³/mol. The van der Waals surface area contributed by atoms with E-state index in [2.05, 4.69) is 60.9 Å². The van der Waals surface area contributed by atoms with Gasteiger partial charge in [0.25, 0.3) is 0 Å². The lowest BCUT2D eigenvalue weighted by Crippen LogP contribution is -2.23. The second kappa shape index (κ2) is 24.1. The number of carboxylic acids is 1. The van der Waals surface area contributed by atoms with Gasteiger partial charge in [0.05, 0.1) is 13.6 Å². The summed E-state index contributed by atoms with van der Waals surface area (Å²) in [5, 5.41) is 10.2. The number of aryl methyl sites for hydroxylation is 2. The average Bonchev–Trinajstić information content (AvgIpc) is 3.19. The van der Waals surface area contributed by atoms with Crippen molar-refractivity contribution in [2.45, 2.75) is 136 Å². The number of hydrogen-bond donors (Lipinski definition) is 0. The molecule has 1 rings (SSSR count). The van der Waals surface area contributed by atoms with Crippen LogP contribution in [0.2, 0.25) is 0 Å². The number of unbranched alkanes of at least 4 members (excludes halogenated alkanes) is 14. The van der Waals surface area contributed by atoms with Crippen LogP contribution in [0.4, 0.5) is 0 Å². The molecule has 4 heteroatoms. The minimum Gasteiger partial charge on any atom is -0.550 e. The minimum atomic E-state index is -0.914. The summed E-state index contributed by atoms with van der Waals surface area (Å²) in [4.78, 5) is 10.2.